The van der Waals surface area contributed by atoms with Crippen molar-refractivity contribution in [3.8, 4) is 0 Å². The first-order valence-corrected chi connectivity index (χ1v) is 8.05. The Labute approximate surface area is 137 Å². The molecule has 1 aliphatic heterocycles. The molecule has 3 heterocycles. The van der Waals surface area contributed by atoms with Crippen LogP contribution in [0.25, 0.3) is 0 Å². The molecule has 1 aliphatic rings. The summed E-state index contributed by atoms with van der Waals surface area (Å²) < 4.78 is 0. The van der Waals surface area contributed by atoms with Gasteiger partial charge in [-0.3, -0.25) is 14.6 Å². The fraction of sp³-hybridized carbons (Fsp3) is 0.357. The summed E-state index contributed by atoms with van der Waals surface area (Å²) in [5.74, 6) is 0.508. The molecule has 0 aromatic carbocycles. The number of hydrogen-bond acceptors (Lipinski definition) is 7. The van der Waals surface area contributed by atoms with Gasteiger partial charge in [0.05, 0.1) is 6.20 Å². The average Bonchev–Trinajstić information content (AvgIpc) is 3.03. The number of hydrogen-bond donors (Lipinski definition) is 1. The first-order chi connectivity index (χ1) is 11.1. The van der Waals surface area contributed by atoms with E-state index >= 15 is 0 Å². The lowest BCUT2D eigenvalue weighted by molar-refractivity contribution is -0.114. The van der Waals surface area contributed by atoms with Crippen LogP contribution in [0, 0.1) is 0 Å². The highest BCUT2D eigenvalue weighted by Gasteiger charge is 2.24. The second-order valence-electron chi connectivity index (χ2n) is 5.06. The molecule has 0 spiro atoms. The maximum Gasteiger partial charge on any atom is 0.273 e. The Kier molecular flexibility index (Phi) is 4.47. The van der Waals surface area contributed by atoms with Gasteiger partial charge in [-0.15, -0.1) is 11.3 Å². The maximum absolute atomic E-state index is 12.5. The van der Waals surface area contributed by atoms with Crippen LogP contribution in [0.2, 0.25) is 0 Å². The summed E-state index contributed by atoms with van der Waals surface area (Å²) in [5.41, 5.74) is 0.367. The summed E-state index contributed by atoms with van der Waals surface area (Å²) >= 11 is 1.25. The molecular formula is C14H16N6O2S. The Bertz CT molecular complexity index is 696. The number of aromatic nitrogens is 3. The summed E-state index contributed by atoms with van der Waals surface area (Å²) in [5, 5.41) is 4.70. The van der Waals surface area contributed by atoms with Crippen molar-refractivity contribution in [2.75, 3.05) is 36.4 Å². The van der Waals surface area contributed by atoms with Crippen molar-refractivity contribution < 1.29 is 9.59 Å². The van der Waals surface area contributed by atoms with Crippen LogP contribution in [0.3, 0.4) is 0 Å². The normalized spacial score (nSPS) is 14.7. The minimum Gasteiger partial charge on any atom is -0.352 e. The van der Waals surface area contributed by atoms with Gasteiger partial charge in [-0.1, -0.05) is 0 Å². The monoisotopic (exact) mass is 332 g/mol. The van der Waals surface area contributed by atoms with Crippen molar-refractivity contribution in [3.63, 3.8) is 0 Å². The smallest absolute Gasteiger partial charge is 0.273 e. The van der Waals surface area contributed by atoms with Gasteiger partial charge in [0.2, 0.25) is 5.91 Å². The molecule has 0 saturated carbocycles. The molecule has 8 nitrogen and oxygen atoms in total. The Morgan fingerprint density at radius 2 is 2.00 bits per heavy atom. The number of piperazine rings is 1. The van der Waals surface area contributed by atoms with Crippen LogP contribution in [0.1, 0.15) is 17.4 Å². The third-order valence-corrected chi connectivity index (χ3v) is 4.20. The van der Waals surface area contributed by atoms with Gasteiger partial charge < -0.3 is 15.1 Å². The van der Waals surface area contributed by atoms with Crippen LogP contribution in [0.15, 0.2) is 24.0 Å². The number of carbonyl (C=O) groups excluding carboxylic acids is 2. The first-order valence-electron chi connectivity index (χ1n) is 7.17. The molecule has 120 valence electrons. The quantitative estimate of drug-likeness (QED) is 0.896. The minimum atomic E-state index is -0.198. The number of nitrogens with one attached hydrogen (secondary N) is 1. The molecule has 9 heteroatoms. The van der Waals surface area contributed by atoms with E-state index in [1.165, 1.54) is 18.3 Å². The Morgan fingerprint density at radius 1 is 1.22 bits per heavy atom. The highest BCUT2D eigenvalue weighted by Crippen LogP contribution is 2.18. The molecule has 23 heavy (non-hydrogen) atoms. The number of carbonyl (C=O) groups is 2. The third kappa shape index (κ3) is 3.62. The highest BCUT2D eigenvalue weighted by molar-refractivity contribution is 7.14. The van der Waals surface area contributed by atoms with Crippen molar-refractivity contribution in [2.45, 2.75) is 6.92 Å². The largest absolute Gasteiger partial charge is 0.352 e. The zero-order valence-electron chi connectivity index (χ0n) is 12.6. The van der Waals surface area contributed by atoms with Crippen molar-refractivity contribution in [1.82, 2.24) is 19.9 Å². The molecule has 2 aromatic rings. The van der Waals surface area contributed by atoms with Gasteiger partial charge >= 0.3 is 0 Å². The second kappa shape index (κ2) is 6.69. The van der Waals surface area contributed by atoms with Gasteiger partial charge in [-0.2, -0.15) is 0 Å². The standard InChI is InChI=1S/C14H16N6O2S/c1-10(21)17-14-18-11(9-23-14)13(22)20-6-4-19(5-7-20)12-8-15-2-3-16-12/h2-3,8-9H,4-7H2,1H3,(H,17,18,21). The molecule has 0 bridgehead atoms. The Balaban J connectivity index is 1.60. The summed E-state index contributed by atoms with van der Waals surface area (Å²) in [6, 6.07) is 0. The number of nitrogens with zero attached hydrogens (tertiary/aromatic N) is 5. The molecule has 2 amide bonds. The molecule has 0 atom stereocenters. The summed E-state index contributed by atoms with van der Waals surface area (Å²) in [6.45, 7) is 4.01. The summed E-state index contributed by atoms with van der Waals surface area (Å²) in [6.07, 6.45) is 5.02. The maximum atomic E-state index is 12.5. The van der Waals surface area contributed by atoms with E-state index in [1.54, 1.807) is 28.9 Å². The topological polar surface area (TPSA) is 91.3 Å². The molecule has 3 rings (SSSR count). The predicted molar refractivity (Wildman–Crippen MR) is 86.6 cm³/mol. The van der Waals surface area contributed by atoms with Gasteiger partial charge in [-0.25, -0.2) is 9.97 Å². The fourth-order valence-corrected chi connectivity index (χ4v) is 3.07. The van der Waals surface area contributed by atoms with Crippen LogP contribution in [-0.2, 0) is 4.79 Å². The highest BCUT2D eigenvalue weighted by atomic mass is 32.1. The first kappa shape index (κ1) is 15.3. The van der Waals surface area contributed by atoms with E-state index in [1.807, 2.05) is 0 Å². The van der Waals surface area contributed by atoms with E-state index < -0.39 is 0 Å². The molecule has 0 radical (unpaired) electrons. The van der Waals surface area contributed by atoms with E-state index in [2.05, 4.69) is 25.2 Å². The van der Waals surface area contributed by atoms with Gasteiger partial charge in [0, 0.05) is 50.9 Å². The number of anilines is 2. The second-order valence-corrected chi connectivity index (χ2v) is 5.92. The number of amides is 2. The summed E-state index contributed by atoms with van der Waals surface area (Å²) in [7, 11) is 0. The molecule has 1 fully saturated rings. The van der Waals surface area contributed by atoms with Crippen LogP contribution < -0.4 is 10.2 Å². The molecule has 0 aliphatic carbocycles. The fourth-order valence-electron chi connectivity index (χ4n) is 2.34. The molecule has 2 aromatic heterocycles. The zero-order chi connectivity index (χ0) is 16.2. The van der Waals surface area contributed by atoms with Crippen molar-refractivity contribution in [3.05, 3.63) is 29.7 Å². The zero-order valence-corrected chi connectivity index (χ0v) is 13.4. The van der Waals surface area contributed by atoms with Gasteiger partial charge in [0.15, 0.2) is 5.13 Å². The molecule has 0 unspecified atom stereocenters. The minimum absolute atomic E-state index is 0.114. The van der Waals surface area contributed by atoms with E-state index in [4.69, 9.17) is 0 Å². The van der Waals surface area contributed by atoms with Crippen molar-refractivity contribution in [2.24, 2.45) is 0 Å². The predicted octanol–water partition coefficient (Wildman–Crippen LogP) is 0.854. The lowest BCUT2D eigenvalue weighted by atomic mass is 10.3. The van der Waals surface area contributed by atoms with Gasteiger partial charge in [0.1, 0.15) is 11.5 Å². The lowest BCUT2D eigenvalue weighted by Crippen LogP contribution is -2.49. The lowest BCUT2D eigenvalue weighted by Gasteiger charge is -2.34. The average molecular weight is 332 g/mol. The van der Waals surface area contributed by atoms with Crippen molar-refractivity contribution in [1.29, 1.82) is 0 Å². The SMILES string of the molecule is CC(=O)Nc1nc(C(=O)N2CCN(c3cnccn3)CC2)cs1. The van der Waals surface area contributed by atoms with E-state index in [-0.39, 0.29) is 11.8 Å². The van der Waals surface area contributed by atoms with Crippen LogP contribution in [0.5, 0.6) is 0 Å². The van der Waals surface area contributed by atoms with Crippen LogP contribution in [-0.4, -0.2) is 57.8 Å². The third-order valence-electron chi connectivity index (χ3n) is 3.45. The van der Waals surface area contributed by atoms with Gasteiger partial charge in [0.25, 0.3) is 5.91 Å². The van der Waals surface area contributed by atoms with Crippen molar-refractivity contribution >= 4 is 34.1 Å². The van der Waals surface area contributed by atoms with E-state index in [9.17, 15) is 9.59 Å². The van der Waals surface area contributed by atoms with Crippen LogP contribution in [0.4, 0.5) is 10.9 Å². The van der Waals surface area contributed by atoms with Gasteiger partial charge in [-0.05, 0) is 0 Å². The number of rotatable bonds is 3. The molecule has 1 N–H and O–H groups in total. The molecule has 1 saturated heterocycles. The number of thiazole rings is 1. The Morgan fingerprint density at radius 3 is 2.65 bits per heavy atom. The van der Waals surface area contributed by atoms with Crippen LogP contribution >= 0.6 is 11.3 Å². The van der Waals surface area contributed by atoms with E-state index in [0.29, 0.717) is 37.0 Å². The summed E-state index contributed by atoms with van der Waals surface area (Å²) in [4.78, 5) is 39.8. The molecular weight excluding hydrogens is 316 g/mol. The Hall–Kier alpha value is -2.55. The van der Waals surface area contributed by atoms with E-state index in [0.717, 1.165) is 5.82 Å².